The van der Waals surface area contributed by atoms with Crippen molar-refractivity contribution in [3.63, 3.8) is 0 Å². The number of unbranched alkanes of at least 4 members (excludes halogenated alkanes) is 13. The molecule has 0 fully saturated rings. The van der Waals surface area contributed by atoms with Crippen molar-refractivity contribution in [1.82, 2.24) is 0 Å². The van der Waals surface area contributed by atoms with Gasteiger partial charge in [-0.1, -0.05) is 90.4 Å². The Morgan fingerprint density at radius 2 is 1.20 bits per heavy atom. The molecule has 2 atom stereocenters. The van der Waals surface area contributed by atoms with Crippen molar-refractivity contribution in [2.75, 3.05) is 33.5 Å². The lowest BCUT2D eigenvalue weighted by molar-refractivity contribution is 0.0464. The third kappa shape index (κ3) is 21.1. The molecule has 1 radical (unpaired) electrons. The number of aliphatic hydroxyl groups is 2. The van der Waals surface area contributed by atoms with E-state index in [1.165, 1.54) is 83.5 Å². The maximum absolute atomic E-state index is 9.90. The predicted molar refractivity (Wildman–Crippen MR) is 128 cm³/mol. The SMILES string of the molecule is CCCCCCCCCCCCCCCCOCCCC([CH]CCOC)C(O)CO. The van der Waals surface area contributed by atoms with Crippen LogP contribution in [0.3, 0.4) is 0 Å². The zero-order chi connectivity index (χ0) is 22.1. The van der Waals surface area contributed by atoms with Gasteiger partial charge in [-0.05, 0) is 38.0 Å². The normalized spacial score (nSPS) is 13.6. The first kappa shape index (κ1) is 29.8. The van der Waals surface area contributed by atoms with E-state index in [1.807, 2.05) is 0 Å². The van der Waals surface area contributed by atoms with Crippen molar-refractivity contribution >= 4 is 0 Å². The van der Waals surface area contributed by atoms with Crippen LogP contribution in [0.1, 0.15) is 116 Å². The minimum absolute atomic E-state index is 0.0230. The largest absolute Gasteiger partial charge is 0.394 e. The molecule has 0 rings (SSSR count). The molecule has 4 nitrogen and oxygen atoms in total. The van der Waals surface area contributed by atoms with Crippen LogP contribution in [0, 0.1) is 12.3 Å². The summed E-state index contributed by atoms with van der Waals surface area (Å²) in [6, 6.07) is 0. The molecule has 0 aliphatic carbocycles. The smallest absolute Gasteiger partial charge is 0.0801 e. The summed E-state index contributed by atoms with van der Waals surface area (Å²) in [4.78, 5) is 0. The molecule has 0 aromatic rings. The average molecular weight is 430 g/mol. The second kappa shape index (κ2) is 25.1. The van der Waals surface area contributed by atoms with Gasteiger partial charge in [0.05, 0.1) is 12.7 Å². The molecule has 0 bridgehead atoms. The van der Waals surface area contributed by atoms with E-state index in [1.54, 1.807) is 7.11 Å². The van der Waals surface area contributed by atoms with Gasteiger partial charge in [-0.25, -0.2) is 0 Å². The van der Waals surface area contributed by atoms with Crippen molar-refractivity contribution in [2.24, 2.45) is 5.92 Å². The summed E-state index contributed by atoms with van der Waals surface area (Å²) in [5.74, 6) is 0.0230. The van der Waals surface area contributed by atoms with Crippen LogP contribution in [0.15, 0.2) is 0 Å². The highest BCUT2D eigenvalue weighted by Gasteiger charge is 2.17. The molecule has 0 heterocycles. The van der Waals surface area contributed by atoms with E-state index < -0.39 is 6.10 Å². The van der Waals surface area contributed by atoms with Gasteiger partial charge in [-0.2, -0.15) is 0 Å². The van der Waals surface area contributed by atoms with Gasteiger partial charge < -0.3 is 19.7 Å². The average Bonchev–Trinajstić information content (AvgIpc) is 2.76. The summed E-state index contributed by atoms with van der Waals surface area (Å²) in [5.41, 5.74) is 0. The van der Waals surface area contributed by atoms with Gasteiger partial charge in [-0.3, -0.25) is 0 Å². The highest BCUT2D eigenvalue weighted by molar-refractivity contribution is 4.82. The zero-order valence-electron chi connectivity index (χ0n) is 20.3. The summed E-state index contributed by atoms with van der Waals surface area (Å²) in [5, 5.41) is 19.1. The van der Waals surface area contributed by atoms with Crippen LogP contribution < -0.4 is 0 Å². The Bertz CT molecular complexity index is 311. The molecule has 0 saturated heterocycles. The van der Waals surface area contributed by atoms with Gasteiger partial charge in [0, 0.05) is 26.9 Å². The predicted octanol–water partition coefficient (Wildman–Crippen LogP) is 6.47. The minimum atomic E-state index is -0.673. The number of aliphatic hydroxyl groups excluding tert-OH is 2. The Morgan fingerprint density at radius 1 is 0.700 bits per heavy atom. The van der Waals surface area contributed by atoms with E-state index in [4.69, 9.17) is 9.47 Å². The molecule has 0 amide bonds. The molecular weight excluding hydrogens is 376 g/mol. The molecule has 0 spiro atoms. The topological polar surface area (TPSA) is 58.9 Å². The second-order valence-corrected chi connectivity index (χ2v) is 8.78. The van der Waals surface area contributed by atoms with Crippen LogP contribution in [-0.4, -0.2) is 49.9 Å². The Labute approximate surface area is 188 Å². The van der Waals surface area contributed by atoms with Gasteiger partial charge in [-0.15, -0.1) is 0 Å². The standard InChI is InChI=1S/C26H53O4/c1-3-4-5-6-7-8-9-10-11-12-13-14-15-16-22-30-23-18-20-25(26(28)24-27)19-17-21-29-2/h19,25-28H,3-18,20-24H2,1-2H3. The molecule has 0 aliphatic heterocycles. The van der Waals surface area contributed by atoms with Crippen LogP contribution >= 0.6 is 0 Å². The summed E-state index contributed by atoms with van der Waals surface area (Å²) in [6.45, 7) is 4.34. The first-order valence-corrected chi connectivity index (χ1v) is 12.9. The molecule has 4 heteroatoms. The minimum Gasteiger partial charge on any atom is -0.394 e. The van der Waals surface area contributed by atoms with Crippen molar-refractivity contribution in [3.05, 3.63) is 6.42 Å². The number of ether oxygens (including phenoxy) is 2. The maximum atomic E-state index is 9.90. The molecule has 2 N–H and O–H groups in total. The fourth-order valence-electron chi connectivity index (χ4n) is 3.92. The van der Waals surface area contributed by atoms with Crippen LogP contribution in [-0.2, 0) is 9.47 Å². The lowest BCUT2D eigenvalue weighted by atomic mass is 9.92. The molecule has 0 aliphatic rings. The van der Waals surface area contributed by atoms with E-state index in [0.29, 0.717) is 6.61 Å². The van der Waals surface area contributed by atoms with Crippen molar-refractivity contribution in [2.45, 2.75) is 122 Å². The van der Waals surface area contributed by atoms with Gasteiger partial charge in [0.15, 0.2) is 0 Å². The molecule has 0 saturated carbocycles. The fraction of sp³-hybridized carbons (Fsp3) is 0.962. The summed E-state index contributed by atoms with van der Waals surface area (Å²) in [7, 11) is 1.68. The van der Waals surface area contributed by atoms with Crippen LogP contribution in [0.2, 0.25) is 0 Å². The Morgan fingerprint density at radius 3 is 1.70 bits per heavy atom. The monoisotopic (exact) mass is 429 g/mol. The van der Waals surface area contributed by atoms with Crippen molar-refractivity contribution in [1.29, 1.82) is 0 Å². The lowest BCUT2D eigenvalue weighted by Gasteiger charge is -2.21. The van der Waals surface area contributed by atoms with Crippen LogP contribution in [0.25, 0.3) is 0 Å². The molecule has 181 valence electrons. The van der Waals surface area contributed by atoms with E-state index in [9.17, 15) is 10.2 Å². The van der Waals surface area contributed by atoms with E-state index in [2.05, 4.69) is 13.3 Å². The lowest BCUT2D eigenvalue weighted by Crippen LogP contribution is -2.25. The van der Waals surface area contributed by atoms with Crippen LogP contribution in [0.4, 0.5) is 0 Å². The summed E-state index contributed by atoms with van der Waals surface area (Å²) in [6.07, 6.45) is 23.3. The van der Waals surface area contributed by atoms with E-state index >= 15 is 0 Å². The molecule has 2 unspecified atom stereocenters. The first-order chi connectivity index (χ1) is 14.8. The Hall–Kier alpha value is -0.160. The van der Waals surface area contributed by atoms with E-state index in [-0.39, 0.29) is 12.5 Å². The Kier molecular flexibility index (Phi) is 25.0. The van der Waals surface area contributed by atoms with Gasteiger partial charge in [0.25, 0.3) is 0 Å². The number of hydrogen-bond acceptors (Lipinski definition) is 4. The number of rotatable bonds is 25. The summed E-state index contributed by atoms with van der Waals surface area (Å²) < 4.78 is 10.8. The third-order valence-corrected chi connectivity index (χ3v) is 5.94. The molecule has 30 heavy (non-hydrogen) atoms. The maximum Gasteiger partial charge on any atom is 0.0801 e. The summed E-state index contributed by atoms with van der Waals surface area (Å²) >= 11 is 0. The second-order valence-electron chi connectivity index (χ2n) is 8.78. The quantitative estimate of drug-likeness (QED) is 0.163. The Balaban J connectivity index is 3.31. The van der Waals surface area contributed by atoms with Crippen LogP contribution in [0.5, 0.6) is 0 Å². The molecule has 0 aromatic carbocycles. The van der Waals surface area contributed by atoms with Gasteiger partial charge in [0.2, 0.25) is 0 Å². The molecular formula is C26H53O4. The third-order valence-electron chi connectivity index (χ3n) is 5.94. The zero-order valence-corrected chi connectivity index (χ0v) is 20.3. The highest BCUT2D eigenvalue weighted by Crippen LogP contribution is 2.17. The van der Waals surface area contributed by atoms with E-state index in [0.717, 1.165) is 38.9 Å². The number of methoxy groups -OCH3 is 1. The fourth-order valence-corrected chi connectivity index (χ4v) is 3.92. The van der Waals surface area contributed by atoms with Crippen molar-refractivity contribution in [3.8, 4) is 0 Å². The van der Waals surface area contributed by atoms with Gasteiger partial charge >= 0.3 is 0 Å². The van der Waals surface area contributed by atoms with Gasteiger partial charge in [0.1, 0.15) is 0 Å². The first-order valence-electron chi connectivity index (χ1n) is 12.9. The number of hydrogen-bond donors (Lipinski definition) is 2. The van der Waals surface area contributed by atoms with Crippen molar-refractivity contribution < 1.29 is 19.7 Å². The molecule has 0 aromatic heterocycles. The highest BCUT2D eigenvalue weighted by atomic mass is 16.5.